The number of non-ortho nitro benzene ring substituents is 1. The zero-order valence-electron chi connectivity index (χ0n) is 10.8. The third kappa shape index (κ3) is 3.23. The van der Waals surface area contributed by atoms with E-state index in [0.29, 0.717) is 0 Å². The summed E-state index contributed by atoms with van der Waals surface area (Å²) in [5.74, 6) is -2.08. The number of aliphatic carboxylic acids is 1. The molecule has 2 rings (SSSR count). The Bertz CT molecular complexity index is 730. The topological polar surface area (TPSA) is 121 Å². The molecule has 0 saturated carbocycles. The highest BCUT2D eigenvalue weighted by Crippen LogP contribution is 2.34. The second-order valence-electron chi connectivity index (χ2n) is 4.16. The number of nitrogens with zero attached hydrogens (tertiary/aromatic N) is 2. The molecule has 0 unspecified atom stereocenters. The minimum atomic E-state index is -1.21. The lowest BCUT2D eigenvalue weighted by Gasteiger charge is -2.10. The number of thioether (sulfide) groups is 1. The number of hydrogen-bond acceptors (Lipinski definition) is 7. The van der Waals surface area contributed by atoms with Crippen molar-refractivity contribution >= 4 is 51.9 Å². The Morgan fingerprint density at radius 3 is 2.77 bits per heavy atom. The van der Waals surface area contributed by atoms with Crippen LogP contribution in [0.3, 0.4) is 0 Å². The van der Waals surface area contributed by atoms with E-state index in [9.17, 15) is 24.8 Å². The van der Waals surface area contributed by atoms with Crippen LogP contribution < -0.4 is 0 Å². The molecule has 1 fully saturated rings. The molecule has 0 atom stereocenters. The molecule has 1 aliphatic rings. The summed E-state index contributed by atoms with van der Waals surface area (Å²) in [4.78, 5) is 33.8. The van der Waals surface area contributed by atoms with Gasteiger partial charge in [-0.2, -0.15) is 0 Å². The fourth-order valence-electron chi connectivity index (χ4n) is 1.68. The predicted octanol–water partition coefficient (Wildman–Crippen LogP) is 1.59. The van der Waals surface area contributed by atoms with Crippen LogP contribution in [0.1, 0.15) is 5.56 Å². The van der Waals surface area contributed by atoms with E-state index in [1.807, 2.05) is 0 Å². The minimum absolute atomic E-state index is 0.0728. The lowest BCUT2D eigenvalue weighted by molar-refractivity contribution is -0.384. The SMILES string of the molecule is O=C(O)CN1C(=O)/C(=C\c2cc([N+](=O)[O-])ccc2O)SC1=S. The third-order valence-electron chi connectivity index (χ3n) is 2.68. The maximum absolute atomic E-state index is 12.1. The standard InChI is InChI=1S/C12H8N2O6S2/c15-8-2-1-7(14(19)20)3-6(8)4-9-11(18)13(5-10(16)17)12(21)22-9/h1-4,15H,5H2,(H,16,17)/b9-4+. The number of thiocarbonyl (C=S) groups is 1. The summed E-state index contributed by atoms with van der Waals surface area (Å²) in [7, 11) is 0. The summed E-state index contributed by atoms with van der Waals surface area (Å²) in [6, 6.07) is 3.38. The van der Waals surface area contributed by atoms with Gasteiger partial charge < -0.3 is 10.2 Å². The van der Waals surface area contributed by atoms with Crippen LogP contribution in [-0.4, -0.2) is 42.8 Å². The molecule has 0 aliphatic carbocycles. The Hall–Kier alpha value is -2.46. The summed E-state index contributed by atoms with van der Waals surface area (Å²) in [5.41, 5.74) is -0.171. The molecule has 1 saturated heterocycles. The quantitative estimate of drug-likeness (QED) is 0.367. The molecule has 1 aliphatic heterocycles. The van der Waals surface area contributed by atoms with Crippen molar-refractivity contribution in [3.63, 3.8) is 0 Å². The molecule has 22 heavy (non-hydrogen) atoms. The first-order valence-electron chi connectivity index (χ1n) is 5.74. The Labute approximate surface area is 133 Å². The maximum Gasteiger partial charge on any atom is 0.323 e. The molecular formula is C12H8N2O6S2. The van der Waals surface area contributed by atoms with Gasteiger partial charge in [0, 0.05) is 17.7 Å². The van der Waals surface area contributed by atoms with E-state index in [1.165, 1.54) is 6.08 Å². The second-order valence-corrected chi connectivity index (χ2v) is 5.84. The molecule has 10 heteroatoms. The van der Waals surface area contributed by atoms with Gasteiger partial charge in [-0.3, -0.25) is 24.6 Å². The number of carboxylic acid groups (broad SMARTS) is 1. The third-order valence-corrected chi connectivity index (χ3v) is 4.05. The van der Waals surface area contributed by atoms with E-state index in [-0.39, 0.29) is 26.2 Å². The Balaban J connectivity index is 2.36. The predicted molar refractivity (Wildman–Crippen MR) is 82.3 cm³/mol. The van der Waals surface area contributed by atoms with Crippen molar-refractivity contribution in [3.8, 4) is 5.75 Å². The van der Waals surface area contributed by atoms with Crippen molar-refractivity contribution in [2.45, 2.75) is 0 Å². The van der Waals surface area contributed by atoms with Crippen LogP contribution in [-0.2, 0) is 9.59 Å². The van der Waals surface area contributed by atoms with Gasteiger partial charge in [-0.25, -0.2) is 0 Å². The zero-order chi connectivity index (χ0) is 16.4. The van der Waals surface area contributed by atoms with Crippen LogP contribution >= 0.6 is 24.0 Å². The van der Waals surface area contributed by atoms with Gasteiger partial charge in [0.25, 0.3) is 11.6 Å². The fourth-order valence-corrected chi connectivity index (χ4v) is 2.93. The number of aromatic hydroxyl groups is 1. The van der Waals surface area contributed by atoms with E-state index in [4.69, 9.17) is 17.3 Å². The highest BCUT2D eigenvalue weighted by molar-refractivity contribution is 8.26. The van der Waals surface area contributed by atoms with Gasteiger partial charge in [0.15, 0.2) is 0 Å². The molecular weight excluding hydrogens is 332 g/mol. The van der Waals surface area contributed by atoms with Gasteiger partial charge in [0.2, 0.25) is 0 Å². The molecule has 1 amide bonds. The van der Waals surface area contributed by atoms with Crippen LogP contribution in [0, 0.1) is 10.1 Å². The van der Waals surface area contributed by atoms with Crippen LogP contribution in [0.2, 0.25) is 0 Å². The molecule has 0 radical (unpaired) electrons. The Morgan fingerprint density at radius 2 is 2.18 bits per heavy atom. The summed E-state index contributed by atoms with van der Waals surface area (Å²) in [6.07, 6.45) is 1.24. The van der Waals surface area contributed by atoms with Gasteiger partial charge in [-0.05, 0) is 12.1 Å². The summed E-state index contributed by atoms with van der Waals surface area (Å²) < 4.78 is 0.0728. The lowest BCUT2D eigenvalue weighted by Crippen LogP contribution is -2.33. The number of carbonyl (C=O) groups is 2. The minimum Gasteiger partial charge on any atom is -0.507 e. The van der Waals surface area contributed by atoms with Crippen molar-refractivity contribution in [3.05, 3.63) is 38.8 Å². The number of phenolic OH excluding ortho intramolecular Hbond substituents is 1. The van der Waals surface area contributed by atoms with Gasteiger partial charge >= 0.3 is 5.97 Å². The first kappa shape index (κ1) is 15.9. The summed E-state index contributed by atoms with van der Waals surface area (Å²) in [5, 5.41) is 29.2. The number of rotatable bonds is 4. The van der Waals surface area contributed by atoms with Crippen molar-refractivity contribution < 1.29 is 24.7 Å². The van der Waals surface area contributed by atoms with E-state index < -0.39 is 23.3 Å². The smallest absolute Gasteiger partial charge is 0.323 e. The van der Waals surface area contributed by atoms with Crippen LogP contribution in [0.4, 0.5) is 5.69 Å². The largest absolute Gasteiger partial charge is 0.507 e. The normalized spacial score (nSPS) is 16.4. The molecule has 114 valence electrons. The maximum atomic E-state index is 12.1. The zero-order valence-corrected chi connectivity index (χ0v) is 12.4. The van der Waals surface area contributed by atoms with Crippen LogP contribution in [0.15, 0.2) is 23.1 Å². The van der Waals surface area contributed by atoms with E-state index in [0.717, 1.165) is 34.9 Å². The van der Waals surface area contributed by atoms with Crippen molar-refractivity contribution in [1.29, 1.82) is 0 Å². The second kappa shape index (κ2) is 6.12. The summed E-state index contributed by atoms with van der Waals surface area (Å²) in [6.45, 7) is -0.567. The van der Waals surface area contributed by atoms with Gasteiger partial charge in [0.1, 0.15) is 16.6 Å². The first-order chi connectivity index (χ1) is 10.3. The van der Waals surface area contributed by atoms with Crippen molar-refractivity contribution in [2.24, 2.45) is 0 Å². The molecule has 1 aromatic rings. The molecule has 0 spiro atoms. The first-order valence-corrected chi connectivity index (χ1v) is 6.96. The van der Waals surface area contributed by atoms with Crippen LogP contribution in [0.25, 0.3) is 6.08 Å². The number of nitro groups is 1. The van der Waals surface area contributed by atoms with E-state index in [2.05, 4.69) is 0 Å². The van der Waals surface area contributed by atoms with E-state index in [1.54, 1.807) is 0 Å². The number of carboxylic acids is 1. The average Bonchev–Trinajstić information content (AvgIpc) is 2.68. The molecule has 0 aromatic heterocycles. The monoisotopic (exact) mass is 340 g/mol. The number of benzene rings is 1. The van der Waals surface area contributed by atoms with E-state index >= 15 is 0 Å². The molecule has 1 heterocycles. The van der Waals surface area contributed by atoms with Crippen molar-refractivity contribution in [1.82, 2.24) is 4.90 Å². The van der Waals surface area contributed by atoms with Gasteiger partial charge in [-0.15, -0.1) is 0 Å². The number of amides is 1. The highest BCUT2D eigenvalue weighted by atomic mass is 32.2. The molecule has 1 aromatic carbocycles. The molecule has 2 N–H and O–H groups in total. The van der Waals surface area contributed by atoms with Gasteiger partial charge in [0.05, 0.1) is 9.83 Å². The fraction of sp³-hybridized carbons (Fsp3) is 0.0833. The number of phenols is 1. The van der Waals surface area contributed by atoms with Crippen molar-refractivity contribution in [2.75, 3.05) is 6.54 Å². The number of nitro benzene ring substituents is 1. The Morgan fingerprint density at radius 1 is 1.50 bits per heavy atom. The molecule has 8 nitrogen and oxygen atoms in total. The van der Waals surface area contributed by atoms with Gasteiger partial charge in [-0.1, -0.05) is 24.0 Å². The highest BCUT2D eigenvalue weighted by Gasteiger charge is 2.33. The number of carbonyl (C=O) groups excluding carboxylic acids is 1. The lowest BCUT2D eigenvalue weighted by atomic mass is 10.1. The summed E-state index contributed by atoms with van der Waals surface area (Å²) >= 11 is 5.79. The Kier molecular flexibility index (Phi) is 4.43. The average molecular weight is 340 g/mol. The van der Waals surface area contributed by atoms with Crippen LogP contribution in [0.5, 0.6) is 5.75 Å². The number of hydrogen-bond donors (Lipinski definition) is 2. The molecule has 0 bridgehead atoms.